The number of phenols is 1. The number of aliphatic hydroxyl groups excluding tert-OH is 1. The van der Waals surface area contributed by atoms with Gasteiger partial charge in [0.1, 0.15) is 11.4 Å². The fourth-order valence-corrected chi connectivity index (χ4v) is 2.50. The zero-order valence-corrected chi connectivity index (χ0v) is 11.4. The predicted molar refractivity (Wildman–Crippen MR) is 78.1 cm³/mol. The number of aliphatic hydroxyl groups is 1. The maximum absolute atomic E-state index is 9.96. The molecule has 0 aliphatic heterocycles. The van der Waals surface area contributed by atoms with Crippen molar-refractivity contribution in [2.24, 2.45) is 0 Å². The van der Waals surface area contributed by atoms with Crippen LogP contribution >= 0.6 is 11.6 Å². The minimum atomic E-state index is 0.0715. The van der Waals surface area contributed by atoms with E-state index in [0.29, 0.717) is 17.0 Å². The van der Waals surface area contributed by atoms with E-state index in [0.717, 1.165) is 16.9 Å². The average Bonchev–Trinajstić information content (AvgIpc) is 2.80. The molecule has 3 rings (SSSR count). The first-order chi connectivity index (χ1) is 9.69. The average molecular weight is 289 g/mol. The number of imidazole rings is 1. The molecular formula is C15H13ClN2O2. The second kappa shape index (κ2) is 5.15. The van der Waals surface area contributed by atoms with Crippen molar-refractivity contribution in [2.75, 3.05) is 6.61 Å². The molecule has 4 nitrogen and oxygen atoms in total. The topological polar surface area (TPSA) is 57.8 Å². The van der Waals surface area contributed by atoms with Crippen molar-refractivity contribution in [2.45, 2.75) is 6.42 Å². The van der Waals surface area contributed by atoms with Crippen LogP contribution in [0.25, 0.3) is 16.8 Å². The zero-order valence-electron chi connectivity index (χ0n) is 10.6. The number of halogens is 1. The van der Waals surface area contributed by atoms with Gasteiger partial charge in [0.2, 0.25) is 0 Å². The number of fused-ring (bicyclic) bond motifs is 1. The SMILES string of the molecule is OCCc1cn2ccc(-c3c(O)cccc3Cl)cc2n1. The Morgan fingerprint density at radius 2 is 2.10 bits per heavy atom. The number of nitrogens with zero attached hydrogens (tertiary/aromatic N) is 2. The number of aromatic nitrogens is 2. The molecule has 0 saturated heterocycles. The molecule has 1 aromatic carbocycles. The molecule has 0 fully saturated rings. The fourth-order valence-electron chi connectivity index (χ4n) is 2.22. The van der Waals surface area contributed by atoms with Crippen molar-refractivity contribution < 1.29 is 10.2 Å². The van der Waals surface area contributed by atoms with Gasteiger partial charge in [0, 0.05) is 31.0 Å². The predicted octanol–water partition coefficient (Wildman–Crippen LogP) is 2.90. The monoisotopic (exact) mass is 288 g/mol. The highest BCUT2D eigenvalue weighted by atomic mass is 35.5. The molecule has 0 spiro atoms. The maximum Gasteiger partial charge on any atom is 0.137 e. The van der Waals surface area contributed by atoms with Crippen LogP contribution in [0.3, 0.4) is 0 Å². The lowest BCUT2D eigenvalue weighted by molar-refractivity contribution is 0.298. The quantitative estimate of drug-likeness (QED) is 0.779. The van der Waals surface area contributed by atoms with Gasteiger partial charge in [-0.1, -0.05) is 17.7 Å². The third kappa shape index (κ3) is 2.24. The Kier molecular flexibility index (Phi) is 3.34. The molecule has 2 aromatic heterocycles. The fraction of sp³-hybridized carbons (Fsp3) is 0.133. The molecule has 0 aliphatic rings. The van der Waals surface area contributed by atoms with Gasteiger partial charge in [0.05, 0.1) is 10.7 Å². The van der Waals surface area contributed by atoms with Gasteiger partial charge in [0.15, 0.2) is 0 Å². The van der Waals surface area contributed by atoms with E-state index in [1.807, 2.05) is 28.9 Å². The Bertz CT molecular complexity index is 747. The van der Waals surface area contributed by atoms with Gasteiger partial charge in [-0.3, -0.25) is 0 Å². The first kappa shape index (κ1) is 13.0. The number of aromatic hydroxyl groups is 1. The Labute approximate surface area is 120 Å². The van der Waals surface area contributed by atoms with E-state index in [9.17, 15) is 5.11 Å². The van der Waals surface area contributed by atoms with Gasteiger partial charge in [-0.25, -0.2) is 4.98 Å². The lowest BCUT2D eigenvalue weighted by Gasteiger charge is -2.07. The van der Waals surface area contributed by atoms with E-state index in [-0.39, 0.29) is 12.4 Å². The van der Waals surface area contributed by atoms with Crippen LogP contribution in [0.5, 0.6) is 5.75 Å². The van der Waals surface area contributed by atoms with E-state index < -0.39 is 0 Å². The summed E-state index contributed by atoms with van der Waals surface area (Å²) in [6.07, 6.45) is 4.26. The highest BCUT2D eigenvalue weighted by Crippen LogP contribution is 2.35. The summed E-state index contributed by atoms with van der Waals surface area (Å²) in [6, 6.07) is 8.78. The zero-order chi connectivity index (χ0) is 14.1. The molecule has 102 valence electrons. The summed E-state index contributed by atoms with van der Waals surface area (Å²) in [6.45, 7) is 0.0715. The normalized spacial score (nSPS) is 11.1. The molecule has 0 bridgehead atoms. The molecule has 0 aliphatic carbocycles. The van der Waals surface area contributed by atoms with Crippen LogP contribution in [0.4, 0.5) is 0 Å². The molecule has 20 heavy (non-hydrogen) atoms. The molecule has 0 atom stereocenters. The summed E-state index contributed by atoms with van der Waals surface area (Å²) in [5, 5.41) is 19.4. The Morgan fingerprint density at radius 3 is 2.85 bits per heavy atom. The number of hydrogen-bond acceptors (Lipinski definition) is 3. The van der Waals surface area contributed by atoms with Gasteiger partial charge >= 0.3 is 0 Å². The lowest BCUT2D eigenvalue weighted by atomic mass is 10.1. The molecule has 0 unspecified atom stereocenters. The third-order valence-corrected chi connectivity index (χ3v) is 3.47. The number of rotatable bonds is 3. The van der Waals surface area contributed by atoms with Crippen LogP contribution in [0.1, 0.15) is 5.69 Å². The van der Waals surface area contributed by atoms with Crippen LogP contribution in [-0.4, -0.2) is 26.2 Å². The van der Waals surface area contributed by atoms with Crippen LogP contribution in [0.15, 0.2) is 42.7 Å². The van der Waals surface area contributed by atoms with Crippen molar-refractivity contribution in [3.63, 3.8) is 0 Å². The van der Waals surface area contributed by atoms with Gasteiger partial charge in [-0.05, 0) is 29.8 Å². The van der Waals surface area contributed by atoms with Gasteiger partial charge in [-0.15, -0.1) is 0 Å². The van der Waals surface area contributed by atoms with Crippen LogP contribution < -0.4 is 0 Å². The smallest absolute Gasteiger partial charge is 0.137 e. The van der Waals surface area contributed by atoms with Gasteiger partial charge in [-0.2, -0.15) is 0 Å². The summed E-state index contributed by atoms with van der Waals surface area (Å²) >= 11 is 6.15. The minimum Gasteiger partial charge on any atom is -0.507 e. The number of hydrogen-bond donors (Lipinski definition) is 2. The van der Waals surface area contributed by atoms with E-state index in [1.165, 1.54) is 0 Å². The summed E-state index contributed by atoms with van der Waals surface area (Å²) in [7, 11) is 0. The molecule has 2 heterocycles. The van der Waals surface area contributed by atoms with Crippen LogP contribution in [0, 0.1) is 0 Å². The van der Waals surface area contributed by atoms with Gasteiger partial charge in [0.25, 0.3) is 0 Å². The second-order valence-electron chi connectivity index (χ2n) is 4.52. The van der Waals surface area contributed by atoms with Crippen molar-refractivity contribution in [3.05, 3.63) is 53.4 Å². The number of benzene rings is 1. The lowest BCUT2D eigenvalue weighted by Crippen LogP contribution is -1.89. The first-order valence-electron chi connectivity index (χ1n) is 6.25. The van der Waals surface area contributed by atoms with E-state index in [2.05, 4.69) is 4.98 Å². The standard InChI is InChI=1S/C15H13ClN2O2/c16-12-2-1-3-13(20)15(12)10-4-6-18-9-11(5-7-19)17-14(18)8-10/h1-4,6,8-9,19-20H,5,7H2. The summed E-state index contributed by atoms with van der Waals surface area (Å²) < 4.78 is 1.88. The molecule has 0 amide bonds. The van der Waals surface area contributed by atoms with E-state index in [1.54, 1.807) is 18.2 Å². The summed E-state index contributed by atoms with van der Waals surface area (Å²) in [5.74, 6) is 0.143. The van der Waals surface area contributed by atoms with Crippen LogP contribution in [0.2, 0.25) is 5.02 Å². The van der Waals surface area contributed by atoms with Crippen molar-refractivity contribution >= 4 is 17.2 Å². The highest BCUT2D eigenvalue weighted by molar-refractivity contribution is 6.33. The second-order valence-corrected chi connectivity index (χ2v) is 4.93. The molecule has 0 radical (unpaired) electrons. The number of pyridine rings is 1. The van der Waals surface area contributed by atoms with E-state index in [4.69, 9.17) is 16.7 Å². The molecule has 5 heteroatoms. The molecule has 3 aromatic rings. The Morgan fingerprint density at radius 1 is 1.25 bits per heavy atom. The molecule has 2 N–H and O–H groups in total. The van der Waals surface area contributed by atoms with Crippen molar-refractivity contribution in [1.82, 2.24) is 9.38 Å². The molecular weight excluding hydrogens is 276 g/mol. The van der Waals surface area contributed by atoms with Crippen molar-refractivity contribution in [3.8, 4) is 16.9 Å². The first-order valence-corrected chi connectivity index (χ1v) is 6.63. The minimum absolute atomic E-state index is 0.0715. The van der Waals surface area contributed by atoms with Gasteiger partial charge < -0.3 is 14.6 Å². The highest BCUT2D eigenvalue weighted by Gasteiger charge is 2.10. The van der Waals surface area contributed by atoms with E-state index >= 15 is 0 Å². The third-order valence-electron chi connectivity index (χ3n) is 3.16. The van der Waals surface area contributed by atoms with Crippen molar-refractivity contribution in [1.29, 1.82) is 0 Å². The number of phenolic OH excluding ortho intramolecular Hbond substituents is 1. The Balaban J connectivity index is 2.13. The summed E-state index contributed by atoms with van der Waals surface area (Å²) in [5.41, 5.74) is 2.99. The maximum atomic E-state index is 9.96. The largest absolute Gasteiger partial charge is 0.507 e. The molecule has 0 saturated carbocycles. The Hall–Kier alpha value is -2.04. The van der Waals surface area contributed by atoms with Crippen LogP contribution in [-0.2, 0) is 6.42 Å². The summed E-state index contributed by atoms with van der Waals surface area (Å²) in [4.78, 5) is 4.43.